The highest BCUT2D eigenvalue weighted by Crippen LogP contribution is 2.48. The van der Waals surface area contributed by atoms with Crippen molar-refractivity contribution in [1.29, 1.82) is 0 Å². The van der Waals surface area contributed by atoms with Crippen molar-refractivity contribution in [3.05, 3.63) is 35.4 Å². The second-order valence-electron chi connectivity index (χ2n) is 7.34. The van der Waals surface area contributed by atoms with Gasteiger partial charge in [-0.2, -0.15) is 0 Å². The summed E-state index contributed by atoms with van der Waals surface area (Å²) in [6.45, 7) is 2.66. The van der Waals surface area contributed by atoms with Gasteiger partial charge in [0.15, 0.2) is 0 Å². The SMILES string of the molecule is CC[C@@H](CO)NC(=O)[C@H]1C=C2c3cccc4c3[C@H](C=N4)C[C@@H]2N(C)C1. The third-order valence-electron chi connectivity index (χ3n) is 5.79. The molecule has 4 rings (SSSR count). The van der Waals surface area contributed by atoms with Crippen molar-refractivity contribution in [1.82, 2.24) is 10.2 Å². The quantitative estimate of drug-likeness (QED) is 0.883. The van der Waals surface area contributed by atoms with E-state index in [0.29, 0.717) is 18.5 Å². The minimum absolute atomic E-state index is 0.00431. The van der Waals surface area contributed by atoms with E-state index in [4.69, 9.17) is 0 Å². The number of likely N-dealkylation sites (N-methyl/N-ethyl adjacent to an activating group) is 1. The van der Waals surface area contributed by atoms with Gasteiger partial charge in [0.2, 0.25) is 5.91 Å². The maximum atomic E-state index is 12.7. The topological polar surface area (TPSA) is 64.9 Å². The van der Waals surface area contributed by atoms with Crippen LogP contribution in [0.4, 0.5) is 5.69 Å². The van der Waals surface area contributed by atoms with Crippen molar-refractivity contribution in [2.75, 3.05) is 20.2 Å². The first-order valence-electron chi connectivity index (χ1n) is 9.13. The molecule has 1 aromatic rings. The van der Waals surface area contributed by atoms with E-state index in [-0.39, 0.29) is 24.5 Å². The van der Waals surface area contributed by atoms with E-state index in [2.05, 4.69) is 52.7 Å². The first kappa shape index (κ1) is 16.5. The maximum Gasteiger partial charge on any atom is 0.228 e. The van der Waals surface area contributed by atoms with Gasteiger partial charge in [0.05, 0.1) is 24.3 Å². The zero-order chi connectivity index (χ0) is 17.6. The van der Waals surface area contributed by atoms with E-state index in [0.717, 1.165) is 18.5 Å². The fourth-order valence-corrected chi connectivity index (χ4v) is 4.35. The zero-order valence-electron chi connectivity index (χ0n) is 14.8. The normalized spacial score (nSPS) is 28.1. The molecule has 1 amide bonds. The smallest absolute Gasteiger partial charge is 0.228 e. The van der Waals surface area contributed by atoms with Gasteiger partial charge in [-0.1, -0.05) is 25.1 Å². The number of nitrogens with zero attached hydrogens (tertiary/aromatic N) is 2. The van der Waals surface area contributed by atoms with Crippen LogP contribution in [0.5, 0.6) is 0 Å². The van der Waals surface area contributed by atoms with Crippen LogP contribution in [-0.2, 0) is 4.79 Å². The molecule has 2 heterocycles. The molecule has 5 nitrogen and oxygen atoms in total. The molecule has 2 N–H and O–H groups in total. The third-order valence-corrected chi connectivity index (χ3v) is 5.79. The van der Waals surface area contributed by atoms with Gasteiger partial charge in [0.25, 0.3) is 0 Å². The summed E-state index contributed by atoms with van der Waals surface area (Å²) in [5.74, 6) is 0.205. The minimum Gasteiger partial charge on any atom is -0.394 e. The van der Waals surface area contributed by atoms with Gasteiger partial charge in [-0.3, -0.25) is 14.7 Å². The third kappa shape index (κ3) is 2.71. The van der Waals surface area contributed by atoms with E-state index >= 15 is 0 Å². The van der Waals surface area contributed by atoms with Crippen LogP contribution in [0.25, 0.3) is 5.57 Å². The second kappa shape index (κ2) is 6.39. The number of carbonyl (C=O) groups excluding carboxylic acids is 1. The highest BCUT2D eigenvalue weighted by Gasteiger charge is 2.39. The van der Waals surface area contributed by atoms with Crippen LogP contribution >= 0.6 is 0 Å². The zero-order valence-corrected chi connectivity index (χ0v) is 14.8. The molecular formula is C20H25N3O2. The average molecular weight is 339 g/mol. The Labute approximate surface area is 148 Å². The van der Waals surface area contributed by atoms with Crippen LogP contribution < -0.4 is 5.32 Å². The predicted molar refractivity (Wildman–Crippen MR) is 99.1 cm³/mol. The fourth-order valence-electron chi connectivity index (χ4n) is 4.35. The number of aliphatic hydroxyl groups is 1. The van der Waals surface area contributed by atoms with Crippen LogP contribution in [0.2, 0.25) is 0 Å². The molecule has 0 spiro atoms. The molecule has 0 fully saturated rings. The number of hydrogen-bond acceptors (Lipinski definition) is 4. The van der Waals surface area contributed by atoms with Crippen molar-refractivity contribution in [2.24, 2.45) is 10.9 Å². The lowest BCUT2D eigenvalue weighted by molar-refractivity contribution is -0.125. The van der Waals surface area contributed by atoms with E-state index < -0.39 is 0 Å². The number of rotatable bonds is 4. The van der Waals surface area contributed by atoms with Gasteiger partial charge < -0.3 is 10.4 Å². The first-order chi connectivity index (χ1) is 12.1. The largest absolute Gasteiger partial charge is 0.394 e. The van der Waals surface area contributed by atoms with Gasteiger partial charge in [0, 0.05) is 24.7 Å². The molecule has 3 aliphatic rings. The highest BCUT2D eigenvalue weighted by molar-refractivity contribution is 5.92. The van der Waals surface area contributed by atoms with E-state index in [1.54, 1.807) is 0 Å². The Morgan fingerprint density at radius 2 is 2.32 bits per heavy atom. The summed E-state index contributed by atoms with van der Waals surface area (Å²) in [4.78, 5) is 19.5. The van der Waals surface area contributed by atoms with Crippen molar-refractivity contribution >= 4 is 23.4 Å². The molecule has 0 saturated carbocycles. The van der Waals surface area contributed by atoms with E-state index in [1.807, 2.05) is 6.92 Å². The first-order valence-corrected chi connectivity index (χ1v) is 9.13. The Morgan fingerprint density at radius 3 is 3.08 bits per heavy atom. The summed E-state index contributed by atoms with van der Waals surface area (Å²) in [7, 11) is 2.10. The number of carbonyl (C=O) groups is 1. The van der Waals surface area contributed by atoms with Gasteiger partial charge in [-0.05, 0) is 42.7 Å². The molecule has 0 unspecified atom stereocenters. The summed E-state index contributed by atoms with van der Waals surface area (Å²) in [5.41, 5.74) is 4.89. The highest BCUT2D eigenvalue weighted by atomic mass is 16.3. The van der Waals surface area contributed by atoms with Gasteiger partial charge in [0.1, 0.15) is 0 Å². The molecule has 0 bridgehead atoms. The molecule has 1 aliphatic carbocycles. The Bertz CT molecular complexity index is 751. The summed E-state index contributed by atoms with van der Waals surface area (Å²) in [6, 6.07) is 6.45. The van der Waals surface area contributed by atoms with Gasteiger partial charge >= 0.3 is 0 Å². The number of nitrogens with one attached hydrogen (secondary N) is 1. The molecular weight excluding hydrogens is 314 g/mol. The average Bonchev–Trinajstić information content (AvgIpc) is 3.04. The maximum absolute atomic E-state index is 12.7. The summed E-state index contributed by atoms with van der Waals surface area (Å²) >= 11 is 0. The number of aliphatic imine (C=N–C) groups is 1. The molecule has 5 heteroatoms. The molecule has 4 atom stereocenters. The number of aliphatic hydroxyl groups excluding tert-OH is 1. The number of benzene rings is 1. The number of amides is 1. The van der Waals surface area contributed by atoms with Crippen molar-refractivity contribution in [3.8, 4) is 0 Å². The van der Waals surface area contributed by atoms with Gasteiger partial charge in [-0.15, -0.1) is 0 Å². The molecule has 0 radical (unpaired) electrons. The minimum atomic E-state index is -0.188. The van der Waals surface area contributed by atoms with Crippen molar-refractivity contribution < 1.29 is 9.90 Å². The Hall–Kier alpha value is -1.98. The monoisotopic (exact) mass is 339 g/mol. The van der Waals surface area contributed by atoms with Crippen molar-refractivity contribution in [2.45, 2.75) is 37.8 Å². The van der Waals surface area contributed by atoms with Crippen LogP contribution in [0.15, 0.2) is 29.3 Å². The van der Waals surface area contributed by atoms with Crippen LogP contribution in [0, 0.1) is 5.92 Å². The standard InChI is InChI=1S/C20H25N3O2/c1-3-14(11-24)22-20(25)13-7-16-15-5-4-6-17-19(15)12(9-21-17)8-18(16)23(2)10-13/h4-7,9,12-14,18,24H,3,8,10-11H2,1-2H3,(H,22,25)/t12-,13-,14-,18-/m0/s1. The Balaban J connectivity index is 1.67. The van der Waals surface area contributed by atoms with Crippen molar-refractivity contribution in [3.63, 3.8) is 0 Å². The number of hydrogen-bond donors (Lipinski definition) is 2. The lowest BCUT2D eigenvalue weighted by atomic mass is 9.74. The molecule has 0 saturated heterocycles. The lowest BCUT2D eigenvalue weighted by Gasteiger charge is -2.41. The summed E-state index contributed by atoms with van der Waals surface area (Å²) in [6.07, 6.45) is 5.98. The Kier molecular flexibility index (Phi) is 4.21. The predicted octanol–water partition coefficient (Wildman–Crippen LogP) is 2.09. The number of fused-ring (bicyclic) bond motifs is 2. The van der Waals surface area contributed by atoms with E-state index in [9.17, 15) is 9.90 Å². The molecule has 2 aliphatic heterocycles. The Morgan fingerprint density at radius 1 is 1.48 bits per heavy atom. The molecule has 0 aromatic heterocycles. The molecule has 132 valence electrons. The summed E-state index contributed by atoms with van der Waals surface area (Å²) in [5, 5.41) is 12.3. The molecule has 25 heavy (non-hydrogen) atoms. The lowest BCUT2D eigenvalue weighted by Crippen LogP contribution is -2.48. The van der Waals surface area contributed by atoms with Crippen LogP contribution in [0.1, 0.15) is 36.8 Å². The molecule has 1 aromatic carbocycles. The van der Waals surface area contributed by atoms with Gasteiger partial charge in [-0.25, -0.2) is 0 Å². The fraction of sp³-hybridized carbons (Fsp3) is 0.500. The second-order valence-corrected chi connectivity index (χ2v) is 7.34. The summed E-state index contributed by atoms with van der Waals surface area (Å²) < 4.78 is 0. The van der Waals surface area contributed by atoms with Crippen LogP contribution in [-0.4, -0.2) is 54.4 Å². The van der Waals surface area contributed by atoms with E-state index in [1.165, 1.54) is 16.7 Å². The van der Waals surface area contributed by atoms with Crippen LogP contribution in [0.3, 0.4) is 0 Å².